The fourth-order valence-corrected chi connectivity index (χ4v) is 4.87. The van der Waals surface area contributed by atoms with Crippen LogP contribution in [-0.4, -0.2) is 48.9 Å². The van der Waals surface area contributed by atoms with Gasteiger partial charge in [-0.1, -0.05) is 12.8 Å². The van der Waals surface area contributed by atoms with Crippen LogP contribution in [0.15, 0.2) is 18.2 Å². The molecule has 0 bridgehead atoms. The van der Waals surface area contributed by atoms with E-state index >= 15 is 0 Å². The number of carbonyl (C=O) groups excluding carboxylic acids is 2. The lowest BCUT2D eigenvalue weighted by Gasteiger charge is -2.30. The van der Waals surface area contributed by atoms with Crippen LogP contribution in [0, 0.1) is 5.92 Å². The second-order valence-electron chi connectivity index (χ2n) is 9.56. The van der Waals surface area contributed by atoms with Crippen molar-refractivity contribution >= 4 is 11.8 Å². The summed E-state index contributed by atoms with van der Waals surface area (Å²) in [6.07, 6.45) is -3.09. The average molecular weight is 508 g/mol. The van der Waals surface area contributed by atoms with E-state index in [0.29, 0.717) is 37.6 Å². The summed E-state index contributed by atoms with van der Waals surface area (Å²) in [6, 6.07) is 0.871. The summed E-state index contributed by atoms with van der Waals surface area (Å²) >= 11 is 0. The Bertz CT molecular complexity index is 856. The van der Waals surface area contributed by atoms with Gasteiger partial charge in [0, 0.05) is 24.7 Å². The van der Waals surface area contributed by atoms with Gasteiger partial charge in [0.2, 0.25) is 5.91 Å². The number of alkyl halides is 6. The molecule has 2 aliphatic rings. The van der Waals surface area contributed by atoms with Gasteiger partial charge in [-0.15, -0.1) is 0 Å². The van der Waals surface area contributed by atoms with Gasteiger partial charge in [-0.25, -0.2) is 0 Å². The Morgan fingerprint density at radius 1 is 0.886 bits per heavy atom. The molecule has 0 radical (unpaired) electrons. The van der Waals surface area contributed by atoms with Gasteiger partial charge in [0.05, 0.1) is 17.7 Å². The number of nitrogens with zero attached hydrogens (tertiary/aromatic N) is 1. The van der Waals surface area contributed by atoms with Gasteiger partial charge in [0.1, 0.15) is 0 Å². The van der Waals surface area contributed by atoms with Gasteiger partial charge in [0.15, 0.2) is 0 Å². The maximum atomic E-state index is 13.0. The number of carbonyl (C=O) groups is 2. The summed E-state index contributed by atoms with van der Waals surface area (Å²) < 4.78 is 78.3. The lowest BCUT2D eigenvalue weighted by Crippen LogP contribution is -2.43. The summed E-state index contributed by atoms with van der Waals surface area (Å²) in [7, 11) is 1.83. The SMILES string of the molecule is CN(C(=O)CNC[C@H]1CC[C@H](NC(=O)c2cc(C(F)(F)F)cc(C(F)(F)F)c2)CC1)C1CCCC1. The van der Waals surface area contributed by atoms with E-state index in [2.05, 4.69) is 10.6 Å². The van der Waals surface area contributed by atoms with Gasteiger partial charge in [-0.2, -0.15) is 26.3 Å². The molecule has 0 unspecified atom stereocenters. The number of rotatable bonds is 7. The topological polar surface area (TPSA) is 61.4 Å². The Kier molecular flexibility index (Phi) is 8.72. The van der Waals surface area contributed by atoms with E-state index in [4.69, 9.17) is 0 Å². The predicted molar refractivity (Wildman–Crippen MR) is 118 cm³/mol. The van der Waals surface area contributed by atoms with Crippen molar-refractivity contribution < 1.29 is 35.9 Å². The van der Waals surface area contributed by atoms with E-state index in [9.17, 15) is 35.9 Å². The molecule has 0 aliphatic heterocycles. The van der Waals surface area contributed by atoms with Crippen molar-refractivity contribution in [3.63, 3.8) is 0 Å². The number of benzene rings is 1. The number of amides is 2. The number of likely N-dealkylation sites (N-methyl/N-ethyl adjacent to an activating group) is 1. The van der Waals surface area contributed by atoms with E-state index in [1.54, 1.807) is 0 Å². The maximum Gasteiger partial charge on any atom is 0.416 e. The van der Waals surface area contributed by atoms with Crippen molar-refractivity contribution in [2.45, 2.75) is 75.8 Å². The molecule has 2 amide bonds. The highest BCUT2D eigenvalue weighted by Crippen LogP contribution is 2.36. The summed E-state index contributed by atoms with van der Waals surface area (Å²) in [5.74, 6) is -0.626. The Labute approximate surface area is 200 Å². The average Bonchev–Trinajstić information content (AvgIpc) is 3.33. The van der Waals surface area contributed by atoms with E-state index in [-0.39, 0.29) is 30.5 Å². The Morgan fingerprint density at radius 3 is 1.94 bits per heavy atom. The molecule has 0 saturated heterocycles. The first-order valence-electron chi connectivity index (χ1n) is 11.9. The van der Waals surface area contributed by atoms with E-state index in [1.165, 1.54) is 0 Å². The van der Waals surface area contributed by atoms with Crippen LogP contribution in [0.1, 0.15) is 72.9 Å². The van der Waals surface area contributed by atoms with Gasteiger partial charge in [-0.3, -0.25) is 9.59 Å². The molecule has 1 aromatic rings. The minimum atomic E-state index is -5.01. The highest BCUT2D eigenvalue weighted by atomic mass is 19.4. The molecule has 5 nitrogen and oxygen atoms in total. The molecule has 2 aliphatic carbocycles. The zero-order valence-electron chi connectivity index (χ0n) is 19.6. The van der Waals surface area contributed by atoms with Crippen molar-refractivity contribution in [1.82, 2.24) is 15.5 Å². The standard InChI is InChI=1S/C24H31F6N3O2/c1-33(20-4-2-3-5-20)21(34)14-31-13-15-6-8-19(9-7-15)32-22(35)16-10-17(23(25,26)27)12-18(11-16)24(28,29)30/h10-12,15,19-20,31H,2-9,13-14H2,1H3,(H,32,35)/t15-,19-. The molecular formula is C24H31F6N3O2. The third kappa shape index (κ3) is 7.59. The summed E-state index contributed by atoms with van der Waals surface area (Å²) in [6.45, 7) is 0.883. The van der Waals surface area contributed by atoms with Crippen LogP contribution < -0.4 is 10.6 Å². The Morgan fingerprint density at radius 2 is 1.43 bits per heavy atom. The second kappa shape index (κ2) is 11.2. The molecule has 0 heterocycles. The number of hydrogen-bond acceptors (Lipinski definition) is 3. The molecule has 1 aromatic carbocycles. The summed E-state index contributed by atoms with van der Waals surface area (Å²) in [5.41, 5.74) is -3.69. The van der Waals surface area contributed by atoms with Gasteiger partial charge >= 0.3 is 12.4 Å². The molecule has 0 atom stereocenters. The van der Waals surface area contributed by atoms with E-state index in [1.807, 2.05) is 11.9 Å². The Balaban J connectivity index is 1.47. The lowest BCUT2D eigenvalue weighted by molar-refractivity contribution is -0.143. The molecule has 0 spiro atoms. The molecule has 11 heteroatoms. The quantitative estimate of drug-likeness (QED) is 0.511. The number of hydrogen-bond donors (Lipinski definition) is 2. The van der Waals surface area contributed by atoms with Crippen LogP contribution in [0.3, 0.4) is 0 Å². The van der Waals surface area contributed by atoms with Crippen LogP contribution in [0.4, 0.5) is 26.3 Å². The van der Waals surface area contributed by atoms with Crippen molar-refractivity contribution in [3.8, 4) is 0 Å². The first kappa shape index (κ1) is 27.3. The minimum absolute atomic E-state index is 0.00521. The third-order valence-corrected chi connectivity index (χ3v) is 7.01. The molecular weight excluding hydrogens is 476 g/mol. The zero-order chi connectivity index (χ0) is 25.8. The van der Waals surface area contributed by atoms with Gasteiger partial charge in [-0.05, 0) is 69.2 Å². The van der Waals surface area contributed by atoms with Crippen LogP contribution in [-0.2, 0) is 17.1 Å². The molecule has 196 valence electrons. The maximum absolute atomic E-state index is 13.0. The zero-order valence-corrected chi connectivity index (χ0v) is 19.6. The highest BCUT2D eigenvalue weighted by Gasteiger charge is 2.37. The van der Waals surface area contributed by atoms with E-state index in [0.717, 1.165) is 38.5 Å². The highest BCUT2D eigenvalue weighted by molar-refractivity contribution is 5.94. The molecule has 35 heavy (non-hydrogen) atoms. The fourth-order valence-electron chi connectivity index (χ4n) is 4.87. The minimum Gasteiger partial charge on any atom is -0.349 e. The van der Waals surface area contributed by atoms with Crippen LogP contribution in [0.5, 0.6) is 0 Å². The molecule has 0 aromatic heterocycles. The van der Waals surface area contributed by atoms with Crippen molar-refractivity contribution in [3.05, 3.63) is 34.9 Å². The second-order valence-corrected chi connectivity index (χ2v) is 9.56. The molecule has 2 saturated carbocycles. The van der Waals surface area contributed by atoms with Crippen LogP contribution >= 0.6 is 0 Å². The predicted octanol–water partition coefficient (Wildman–Crippen LogP) is 5.00. The van der Waals surface area contributed by atoms with Crippen LogP contribution in [0.25, 0.3) is 0 Å². The summed E-state index contributed by atoms with van der Waals surface area (Å²) in [5, 5.41) is 5.77. The third-order valence-electron chi connectivity index (χ3n) is 7.01. The molecule has 2 N–H and O–H groups in total. The first-order valence-corrected chi connectivity index (χ1v) is 11.9. The van der Waals surface area contributed by atoms with Crippen molar-refractivity contribution in [2.75, 3.05) is 20.1 Å². The normalized spacial score (nSPS) is 21.7. The lowest BCUT2D eigenvalue weighted by atomic mass is 9.86. The van der Waals surface area contributed by atoms with Gasteiger partial charge in [0.25, 0.3) is 5.91 Å². The molecule has 3 rings (SSSR count). The van der Waals surface area contributed by atoms with Crippen LogP contribution in [0.2, 0.25) is 0 Å². The number of halogens is 6. The smallest absolute Gasteiger partial charge is 0.349 e. The van der Waals surface area contributed by atoms with Crippen molar-refractivity contribution in [1.29, 1.82) is 0 Å². The van der Waals surface area contributed by atoms with Crippen molar-refractivity contribution in [2.24, 2.45) is 5.92 Å². The Hall–Kier alpha value is -2.30. The fraction of sp³-hybridized carbons (Fsp3) is 0.667. The van der Waals surface area contributed by atoms with Gasteiger partial charge < -0.3 is 15.5 Å². The summed E-state index contributed by atoms with van der Waals surface area (Å²) in [4.78, 5) is 26.6. The number of nitrogens with one attached hydrogen (secondary N) is 2. The first-order chi connectivity index (χ1) is 16.3. The largest absolute Gasteiger partial charge is 0.416 e. The molecule has 2 fully saturated rings. The monoisotopic (exact) mass is 507 g/mol. The van der Waals surface area contributed by atoms with E-state index < -0.39 is 35.0 Å².